The lowest BCUT2D eigenvalue weighted by Gasteiger charge is -2.19. The van der Waals surface area contributed by atoms with Gasteiger partial charge in [-0.15, -0.1) is 0 Å². The number of aliphatic hydroxyl groups is 2. The molecule has 1 fully saturated rings. The average molecular weight is 437 g/mol. The highest BCUT2D eigenvalue weighted by Gasteiger charge is 2.23. The number of nitrogens with one attached hydrogen (secondary N) is 1. The van der Waals surface area contributed by atoms with E-state index in [9.17, 15) is 9.59 Å². The summed E-state index contributed by atoms with van der Waals surface area (Å²) in [7, 11) is 0. The van der Waals surface area contributed by atoms with Crippen molar-refractivity contribution in [1.29, 1.82) is 0 Å². The van der Waals surface area contributed by atoms with Crippen molar-refractivity contribution in [2.24, 2.45) is 0 Å². The number of carbonyl (C=O) groups excluding carboxylic acids is 2. The van der Waals surface area contributed by atoms with Gasteiger partial charge >= 0.3 is 0 Å². The Balaban J connectivity index is 0.000000193. The molecule has 0 spiro atoms. The molecule has 0 bridgehead atoms. The highest BCUT2D eigenvalue weighted by molar-refractivity contribution is 5.80. The molecule has 32 heavy (non-hydrogen) atoms. The fraction of sp³-hybridized carbons (Fsp3) is 0.292. The van der Waals surface area contributed by atoms with E-state index in [1.807, 2.05) is 47.4 Å². The maximum Gasteiger partial charge on any atom is 0.251 e. The van der Waals surface area contributed by atoms with Gasteiger partial charge in [0, 0.05) is 24.7 Å². The van der Waals surface area contributed by atoms with E-state index >= 15 is 0 Å². The van der Waals surface area contributed by atoms with Crippen LogP contribution in [0.1, 0.15) is 30.0 Å². The van der Waals surface area contributed by atoms with Crippen LogP contribution in [0.15, 0.2) is 71.4 Å². The number of rotatable bonds is 7. The number of nitrogens with zero attached hydrogens (tertiary/aromatic N) is 2. The molecule has 1 aromatic heterocycles. The molecule has 0 saturated carbocycles. The minimum atomic E-state index is -1.38. The Bertz CT molecular complexity index is 961. The first-order valence-electron chi connectivity index (χ1n) is 10.4. The molecule has 1 saturated heterocycles. The summed E-state index contributed by atoms with van der Waals surface area (Å²) in [5.41, 5.74) is 3.79. The first-order chi connectivity index (χ1) is 15.6. The number of hydrogen-bond donors (Lipinski definition) is 3. The average Bonchev–Trinajstić information content (AvgIpc) is 3.55. The highest BCUT2D eigenvalue weighted by Crippen LogP contribution is 2.29. The van der Waals surface area contributed by atoms with Gasteiger partial charge in [-0.2, -0.15) is 0 Å². The van der Waals surface area contributed by atoms with Crippen molar-refractivity contribution >= 4 is 12.3 Å². The number of benzene rings is 2. The maximum absolute atomic E-state index is 11.3. The van der Waals surface area contributed by atoms with Gasteiger partial charge in [0.1, 0.15) is 12.0 Å². The van der Waals surface area contributed by atoms with E-state index in [0.717, 1.165) is 42.6 Å². The van der Waals surface area contributed by atoms with Crippen molar-refractivity contribution in [3.63, 3.8) is 0 Å². The lowest BCUT2D eigenvalue weighted by Crippen LogP contribution is -2.36. The van der Waals surface area contributed by atoms with Crippen LogP contribution in [0, 0.1) is 0 Å². The fourth-order valence-electron chi connectivity index (χ4n) is 3.49. The fourth-order valence-corrected chi connectivity index (χ4v) is 3.49. The molecule has 8 nitrogen and oxygen atoms in total. The standard InChI is InChI=1S/C13H14N2O4.C11H13NO/c16-8-12(17)13(18)14-7-9-1-3-10(4-2-9)11-5-6-19-15-11;13-9-12-8-4-7-11(12)10-5-2-1-3-6-10/h1-6,12,16-17H,7-8H2,(H,14,18);1-3,5-6,9,11H,4,7-8H2. The summed E-state index contributed by atoms with van der Waals surface area (Å²) in [6.07, 6.45) is 3.31. The molecule has 3 N–H and O–H groups in total. The molecule has 2 amide bonds. The lowest BCUT2D eigenvalue weighted by molar-refractivity contribution is -0.131. The number of hydrogen-bond acceptors (Lipinski definition) is 6. The summed E-state index contributed by atoms with van der Waals surface area (Å²) >= 11 is 0. The van der Waals surface area contributed by atoms with Gasteiger partial charge in [-0.3, -0.25) is 9.59 Å². The zero-order chi connectivity index (χ0) is 22.8. The van der Waals surface area contributed by atoms with Crippen molar-refractivity contribution in [3.8, 4) is 11.3 Å². The number of aliphatic hydroxyl groups excluding tert-OH is 2. The minimum Gasteiger partial charge on any atom is -0.393 e. The zero-order valence-corrected chi connectivity index (χ0v) is 17.6. The number of carbonyl (C=O) groups is 2. The van der Waals surface area contributed by atoms with Crippen LogP contribution in [0.5, 0.6) is 0 Å². The van der Waals surface area contributed by atoms with E-state index in [2.05, 4.69) is 22.6 Å². The Labute approximate surface area is 186 Å². The second-order valence-corrected chi connectivity index (χ2v) is 7.41. The van der Waals surface area contributed by atoms with E-state index in [0.29, 0.717) is 6.04 Å². The second kappa shape index (κ2) is 11.8. The Kier molecular flexibility index (Phi) is 8.53. The lowest BCUT2D eigenvalue weighted by atomic mass is 10.1. The summed E-state index contributed by atoms with van der Waals surface area (Å²) in [6.45, 7) is 0.606. The molecule has 8 heteroatoms. The molecule has 168 valence electrons. The number of likely N-dealkylation sites (tertiary alicyclic amines) is 1. The van der Waals surface area contributed by atoms with Crippen LogP contribution in [0.4, 0.5) is 0 Å². The van der Waals surface area contributed by atoms with Crippen LogP contribution in [0.3, 0.4) is 0 Å². The Morgan fingerprint density at radius 3 is 2.56 bits per heavy atom. The molecule has 2 aromatic carbocycles. The van der Waals surface area contributed by atoms with Gasteiger partial charge in [0.15, 0.2) is 6.10 Å². The Morgan fingerprint density at radius 2 is 1.94 bits per heavy atom. The first kappa shape index (κ1) is 23.2. The molecule has 1 aliphatic heterocycles. The quantitative estimate of drug-likeness (QED) is 0.489. The van der Waals surface area contributed by atoms with Gasteiger partial charge in [-0.1, -0.05) is 59.8 Å². The smallest absolute Gasteiger partial charge is 0.251 e. The van der Waals surface area contributed by atoms with Crippen molar-refractivity contribution in [2.75, 3.05) is 13.2 Å². The molecule has 1 aliphatic rings. The SMILES string of the molecule is O=C(NCc1ccc(-c2ccon2)cc1)C(O)CO.O=CN1CCCC1c1ccccc1. The maximum atomic E-state index is 11.3. The van der Waals surface area contributed by atoms with Gasteiger partial charge in [0.2, 0.25) is 6.41 Å². The predicted molar refractivity (Wildman–Crippen MR) is 118 cm³/mol. The van der Waals surface area contributed by atoms with Crippen LogP contribution in [0.2, 0.25) is 0 Å². The van der Waals surface area contributed by atoms with Gasteiger partial charge in [0.25, 0.3) is 5.91 Å². The number of aromatic nitrogens is 1. The summed E-state index contributed by atoms with van der Waals surface area (Å²) in [6, 6.07) is 19.7. The van der Waals surface area contributed by atoms with E-state index < -0.39 is 18.6 Å². The summed E-state index contributed by atoms with van der Waals surface area (Å²) in [5, 5.41) is 24.1. The van der Waals surface area contributed by atoms with E-state index in [1.165, 1.54) is 11.8 Å². The molecule has 2 heterocycles. The van der Waals surface area contributed by atoms with Crippen LogP contribution < -0.4 is 5.32 Å². The summed E-state index contributed by atoms with van der Waals surface area (Å²) in [4.78, 5) is 23.9. The second-order valence-electron chi connectivity index (χ2n) is 7.41. The molecule has 3 aromatic rings. The highest BCUT2D eigenvalue weighted by atomic mass is 16.5. The van der Waals surface area contributed by atoms with Crippen LogP contribution in [-0.2, 0) is 16.1 Å². The largest absolute Gasteiger partial charge is 0.393 e. The zero-order valence-electron chi connectivity index (χ0n) is 17.6. The molecular weight excluding hydrogens is 410 g/mol. The van der Waals surface area contributed by atoms with Crippen molar-refractivity contribution in [1.82, 2.24) is 15.4 Å². The normalized spacial score (nSPS) is 16.1. The van der Waals surface area contributed by atoms with E-state index in [-0.39, 0.29) is 6.54 Å². The van der Waals surface area contributed by atoms with Crippen molar-refractivity contribution < 1.29 is 24.3 Å². The van der Waals surface area contributed by atoms with Gasteiger partial charge < -0.3 is 25.0 Å². The van der Waals surface area contributed by atoms with E-state index in [4.69, 9.17) is 14.7 Å². The minimum absolute atomic E-state index is 0.287. The van der Waals surface area contributed by atoms with E-state index in [1.54, 1.807) is 6.07 Å². The molecule has 2 unspecified atom stereocenters. The molecule has 0 aliphatic carbocycles. The third-order valence-corrected chi connectivity index (χ3v) is 5.24. The predicted octanol–water partition coefficient (Wildman–Crippen LogP) is 2.29. The summed E-state index contributed by atoms with van der Waals surface area (Å²) < 4.78 is 4.76. The topological polar surface area (TPSA) is 116 Å². The molecule has 4 rings (SSSR count). The van der Waals surface area contributed by atoms with Gasteiger partial charge in [0.05, 0.1) is 12.6 Å². The monoisotopic (exact) mass is 437 g/mol. The van der Waals surface area contributed by atoms with Gasteiger partial charge in [-0.05, 0) is 24.0 Å². The van der Waals surface area contributed by atoms with Gasteiger partial charge in [-0.25, -0.2) is 0 Å². The third kappa shape index (κ3) is 6.26. The van der Waals surface area contributed by atoms with Crippen molar-refractivity contribution in [2.45, 2.75) is 31.5 Å². The molecule has 2 atom stereocenters. The van der Waals surface area contributed by atoms with Crippen LogP contribution >= 0.6 is 0 Å². The summed E-state index contributed by atoms with van der Waals surface area (Å²) in [5.74, 6) is -0.594. The Hall–Kier alpha value is -3.49. The number of amides is 2. The Morgan fingerprint density at radius 1 is 1.19 bits per heavy atom. The van der Waals surface area contributed by atoms with Crippen molar-refractivity contribution in [3.05, 3.63) is 78.1 Å². The third-order valence-electron chi connectivity index (χ3n) is 5.24. The molecule has 0 radical (unpaired) electrons. The molecular formula is C24H27N3O5. The first-order valence-corrected chi connectivity index (χ1v) is 10.4. The van der Waals surface area contributed by atoms with Crippen LogP contribution in [-0.4, -0.2) is 51.8 Å². The van der Waals surface area contributed by atoms with Crippen LogP contribution in [0.25, 0.3) is 11.3 Å².